The van der Waals surface area contributed by atoms with Crippen molar-refractivity contribution in [3.05, 3.63) is 29.8 Å². The van der Waals surface area contributed by atoms with E-state index < -0.39 is 60.1 Å². The normalized spacial score (nSPS) is 20.0. The molecule has 6 atom stereocenters. The molecule has 188 valence electrons. The molecule has 1 heterocycles. The molecule has 1 aromatic rings. The highest BCUT2D eigenvalue weighted by molar-refractivity contribution is 5.94. The molecule has 1 fully saturated rings. The zero-order valence-corrected chi connectivity index (χ0v) is 19.0. The largest absolute Gasteiger partial charge is 0.508 e. The number of carbonyl (C=O) groups excluding carboxylic acids is 3. The zero-order chi connectivity index (χ0) is 25.6. The summed E-state index contributed by atoms with van der Waals surface area (Å²) in [6.07, 6.45) is -1.85. The van der Waals surface area contributed by atoms with Gasteiger partial charge in [0.15, 0.2) is 0 Å². The quantitative estimate of drug-likeness (QED) is 0.199. The molecular weight excluding hydrogens is 448 g/mol. The monoisotopic (exact) mass is 480 g/mol. The van der Waals surface area contributed by atoms with Gasteiger partial charge in [0, 0.05) is 13.0 Å². The molecule has 34 heavy (non-hydrogen) atoms. The number of hydrogen-bond donors (Lipinski definition) is 7. The van der Waals surface area contributed by atoms with Crippen LogP contribution in [0.15, 0.2) is 24.3 Å². The number of benzene rings is 1. The summed E-state index contributed by atoms with van der Waals surface area (Å²) < 4.78 is 0. The fourth-order valence-corrected chi connectivity index (χ4v) is 3.67. The third-order valence-electron chi connectivity index (χ3n) is 5.70. The van der Waals surface area contributed by atoms with Crippen LogP contribution in [0.2, 0.25) is 0 Å². The van der Waals surface area contributed by atoms with Crippen LogP contribution >= 0.6 is 0 Å². The number of carboxylic acids is 1. The minimum absolute atomic E-state index is 0.00304. The standard InChI is InChI=1S/C22H32N4O8/c1-11(27)17(23)20(31)24-15(10-13-5-7-14(29)8-6-13)19(30)25-18(12(2)28)21(32)26-9-3-4-16(26)22(33)34/h5-8,11-12,15-18,27-29H,3-4,9-10,23H2,1-2H3,(H,24,31)(H,25,30)(H,33,34). The van der Waals surface area contributed by atoms with Crippen LogP contribution in [0, 0.1) is 0 Å². The lowest BCUT2D eigenvalue weighted by molar-refractivity contribution is -0.150. The van der Waals surface area contributed by atoms with E-state index in [4.69, 9.17) is 5.73 Å². The number of aromatic hydroxyl groups is 1. The first-order valence-corrected chi connectivity index (χ1v) is 11.0. The van der Waals surface area contributed by atoms with Gasteiger partial charge in [-0.1, -0.05) is 12.1 Å². The summed E-state index contributed by atoms with van der Waals surface area (Å²) in [4.78, 5) is 51.1. The Kier molecular flexibility index (Phi) is 9.36. The Morgan fingerprint density at radius 1 is 1.06 bits per heavy atom. The third-order valence-corrected chi connectivity index (χ3v) is 5.70. The summed E-state index contributed by atoms with van der Waals surface area (Å²) in [5.74, 6) is -3.54. The lowest BCUT2D eigenvalue weighted by Gasteiger charge is -2.30. The first-order chi connectivity index (χ1) is 15.9. The van der Waals surface area contributed by atoms with E-state index in [-0.39, 0.29) is 25.1 Å². The smallest absolute Gasteiger partial charge is 0.326 e. The van der Waals surface area contributed by atoms with Gasteiger partial charge in [-0.05, 0) is 44.4 Å². The predicted octanol–water partition coefficient (Wildman–Crippen LogP) is -1.93. The minimum atomic E-state index is -1.45. The van der Waals surface area contributed by atoms with Crippen LogP contribution < -0.4 is 16.4 Å². The van der Waals surface area contributed by atoms with Crippen LogP contribution in [-0.2, 0) is 25.6 Å². The van der Waals surface area contributed by atoms with E-state index in [0.29, 0.717) is 12.0 Å². The molecule has 0 aliphatic carbocycles. The molecule has 0 bridgehead atoms. The molecule has 0 radical (unpaired) electrons. The van der Waals surface area contributed by atoms with E-state index in [0.717, 1.165) is 4.90 Å². The fourth-order valence-electron chi connectivity index (χ4n) is 3.67. The van der Waals surface area contributed by atoms with Crippen molar-refractivity contribution in [3.8, 4) is 5.75 Å². The van der Waals surface area contributed by atoms with Crippen LogP contribution in [0.5, 0.6) is 5.75 Å². The predicted molar refractivity (Wildman–Crippen MR) is 119 cm³/mol. The number of phenolic OH excluding ortho intramolecular Hbond substituents is 1. The average molecular weight is 481 g/mol. The maximum absolute atomic E-state index is 13.1. The highest BCUT2D eigenvalue weighted by Crippen LogP contribution is 2.19. The van der Waals surface area contributed by atoms with Gasteiger partial charge in [0.2, 0.25) is 17.7 Å². The SMILES string of the molecule is CC(O)C(N)C(=O)NC(Cc1ccc(O)cc1)C(=O)NC(C(=O)N1CCCC1C(=O)O)C(C)O. The highest BCUT2D eigenvalue weighted by Gasteiger charge is 2.40. The Bertz CT molecular complexity index is 889. The number of aliphatic hydroxyl groups is 2. The van der Waals surface area contributed by atoms with Gasteiger partial charge in [-0.3, -0.25) is 14.4 Å². The van der Waals surface area contributed by atoms with Crippen molar-refractivity contribution < 1.29 is 39.6 Å². The number of aliphatic carboxylic acids is 1. The Balaban J connectivity index is 2.24. The number of nitrogens with zero attached hydrogens (tertiary/aromatic N) is 1. The molecule has 1 aliphatic rings. The summed E-state index contributed by atoms with van der Waals surface area (Å²) in [5, 5.41) is 43.5. The van der Waals surface area contributed by atoms with Crippen molar-refractivity contribution in [1.29, 1.82) is 0 Å². The van der Waals surface area contributed by atoms with Gasteiger partial charge < -0.3 is 41.7 Å². The Hall–Kier alpha value is -3.22. The van der Waals surface area contributed by atoms with Crippen LogP contribution in [0.4, 0.5) is 0 Å². The summed E-state index contributed by atoms with van der Waals surface area (Å²) in [6.45, 7) is 2.77. The topological polar surface area (TPSA) is 203 Å². The number of carbonyl (C=O) groups is 4. The molecule has 8 N–H and O–H groups in total. The van der Waals surface area contributed by atoms with E-state index in [1.54, 1.807) is 0 Å². The lowest BCUT2D eigenvalue weighted by atomic mass is 10.0. The van der Waals surface area contributed by atoms with Crippen LogP contribution in [0.3, 0.4) is 0 Å². The molecule has 3 amide bonds. The van der Waals surface area contributed by atoms with Gasteiger partial charge in [0.05, 0.1) is 12.2 Å². The first kappa shape index (κ1) is 27.0. The van der Waals surface area contributed by atoms with Crippen molar-refractivity contribution >= 4 is 23.7 Å². The van der Waals surface area contributed by atoms with Gasteiger partial charge in [-0.15, -0.1) is 0 Å². The van der Waals surface area contributed by atoms with E-state index in [9.17, 15) is 39.6 Å². The molecule has 2 rings (SSSR count). The molecule has 0 saturated carbocycles. The van der Waals surface area contributed by atoms with Gasteiger partial charge in [-0.25, -0.2) is 4.79 Å². The van der Waals surface area contributed by atoms with E-state index in [1.165, 1.54) is 38.1 Å². The van der Waals surface area contributed by atoms with Crippen molar-refractivity contribution in [2.24, 2.45) is 5.73 Å². The van der Waals surface area contributed by atoms with Gasteiger partial charge in [0.1, 0.15) is 29.9 Å². The summed E-state index contributed by atoms with van der Waals surface area (Å²) in [6, 6.07) is 0.809. The number of aliphatic hydroxyl groups excluding tert-OH is 2. The Labute approximate surface area is 196 Å². The van der Waals surface area contributed by atoms with E-state index in [1.807, 2.05) is 0 Å². The molecule has 1 aromatic carbocycles. The van der Waals surface area contributed by atoms with Crippen molar-refractivity contribution in [2.45, 2.75) is 69.5 Å². The number of nitrogens with two attached hydrogens (primary N) is 1. The molecule has 6 unspecified atom stereocenters. The third kappa shape index (κ3) is 6.89. The van der Waals surface area contributed by atoms with Gasteiger partial charge in [-0.2, -0.15) is 0 Å². The fraction of sp³-hybridized carbons (Fsp3) is 0.545. The summed E-state index contributed by atoms with van der Waals surface area (Å²) in [7, 11) is 0. The highest BCUT2D eigenvalue weighted by atomic mass is 16.4. The summed E-state index contributed by atoms with van der Waals surface area (Å²) >= 11 is 0. The molecule has 12 nitrogen and oxygen atoms in total. The molecule has 0 aromatic heterocycles. The Morgan fingerprint density at radius 3 is 2.21 bits per heavy atom. The number of likely N-dealkylation sites (tertiary alicyclic amines) is 1. The number of phenols is 1. The summed E-state index contributed by atoms with van der Waals surface area (Å²) in [5.41, 5.74) is 6.23. The maximum Gasteiger partial charge on any atom is 0.326 e. The molecular formula is C22H32N4O8. The first-order valence-electron chi connectivity index (χ1n) is 11.0. The molecule has 1 saturated heterocycles. The van der Waals surface area contributed by atoms with Crippen LogP contribution in [0.1, 0.15) is 32.3 Å². The number of hydrogen-bond acceptors (Lipinski definition) is 8. The number of carboxylic acid groups (broad SMARTS) is 1. The average Bonchev–Trinajstić information content (AvgIpc) is 3.27. The maximum atomic E-state index is 13.1. The number of nitrogens with one attached hydrogen (secondary N) is 2. The van der Waals surface area contributed by atoms with Crippen molar-refractivity contribution in [3.63, 3.8) is 0 Å². The number of amides is 3. The molecule has 0 spiro atoms. The molecule has 1 aliphatic heterocycles. The zero-order valence-electron chi connectivity index (χ0n) is 19.0. The lowest BCUT2D eigenvalue weighted by Crippen LogP contribution is -2.60. The second kappa shape index (κ2) is 11.8. The van der Waals surface area contributed by atoms with Crippen molar-refractivity contribution in [1.82, 2.24) is 15.5 Å². The number of rotatable bonds is 10. The Morgan fingerprint density at radius 2 is 1.68 bits per heavy atom. The van der Waals surface area contributed by atoms with Crippen LogP contribution in [0.25, 0.3) is 0 Å². The van der Waals surface area contributed by atoms with Gasteiger partial charge in [0.25, 0.3) is 0 Å². The van der Waals surface area contributed by atoms with E-state index >= 15 is 0 Å². The second-order valence-electron chi connectivity index (χ2n) is 8.45. The van der Waals surface area contributed by atoms with Crippen molar-refractivity contribution in [2.75, 3.05) is 6.54 Å². The van der Waals surface area contributed by atoms with Crippen LogP contribution in [-0.4, -0.2) is 91.9 Å². The molecule has 12 heteroatoms. The van der Waals surface area contributed by atoms with Gasteiger partial charge >= 0.3 is 5.97 Å². The minimum Gasteiger partial charge on any atom is -0.508 e. The van der Waals surface area contributed by atoms with E-state index in [2.05, 4.69) is 10.6 Å². The second-order valence-corrected chi connectivity index (χ2v) is 8.45.